The first kappa shape index (κ1) is 20.1. The summed E-state index contributed by atoms with van der Waals surface area (Å²) >= 11 is 3.13. The van der Waals surface area contributed by atoms with Gasteiger partial charge in [0, 0.05) is 36.3 Å². The topological polar surface area (TPSA) is 63.9 Å². The molecular weight excluding hydrogens is 402 g/mol. The summed E-state index contributed by atoms with van der Waals surface area (Å²) in [5, 5.41) is 12.2. The van der Waals surface area contributed by atoms with Crippen LogP contribution < -0.4 is 0 Å². The molecule has 1 aliphatic heterocycles. The van der Waals surface area contributed by atoms with Gasteiger partial charge in [-0.1, -0.05) is 37.7 Å². The number of thioether (sulfide) groups is 1. The summed E-state index contributed by atoms with van der Waals surface area (Å²) in [4.78, 5) is 19.2. The van der Waals surface area contributed by atoms with Gasteiger partial charge in [-0.25, -0.2) is 4.98 Å². The molecule has 2 aromatic heterocycles. The van der Waals surface area contributed by atoms with E-state index in [1.807, 2.05) is 21.0 Å². The molecule has 1 aliphatic rings. The highest BCUT2D eigenvalue weighted by Crippen LogP contribution is 2.29. The van der Waals surface area contributed by atoms with Gasteiger partial charge in [0.05, 0.1) is 10.8 Å². The number of thiazole rings is 1. The maximum absolute atomic E-state index is 12.8. The van der Waals surface area contributed by atoms with Crippen LogP contribution in [-0.2, 0) is 4.79 Å². The maximum Gasteiger partial charge on any atom is 0.233 e. The van der Waals surface area contributed by atoms with Crippen molar-refractivity contribution in [2.75, 3.05) is 18.8 Å². The smallest absolute Gasteiger partial charge is 0.233 e. The first-order valence-electron chi connectivity index (χ1n) is 9.92. The summed E-state index contributed by atoms with van der Waals surface area (Å²) in [6.45, 7) is 5.95. The monoisotopic (exact) mass is 427 g/mol. The van der Waals surface area contributed by atoms with Crippen molar-refractivity contribution in [2.24, 2.45) is 0 Å². The van der Waals surface area contributed by atoms with E-state index in [9.17, 15) is 4.79 Å². The van der Waals surface area contributed by atoms with Gasteiger partial charge >= 0.3 is 0 Å². The molecule has 0 bridgehead atoms. The van der Waals surface area contributed by atoms with Crippen LogP contribution in [0.2, 0.25) is 0 Å². The Kier molecular flexibility index (Phi) is 6.30. The van der Waals surface area contributed by atoms with Crippen molar-refractivity contribution < 1.29 is 4.79 Å². The van der Waals surface area contributed by atoms with Crippen molar-refractivity contribution in [3.05, 3.63) is 52.7 Å². The van der Waals surface area contributed by atoms with Gasteiger partial charge in [-0.3, -0.25) is 9.36 Å². The molecule has 8 heteroatoms. The molecule has 1 saturated heterocycles. The first-order valence-corrected chi connectivity index (χ1v) is 11.8. The van der Waals surface area contributed by atoms with Gasteiger partial charge in [-0.15, -0.1) is 21.5 Å². The molecule has 1 atom stereocenters. The van der Waals surface area contributed by atoms with E-state index in [1.54, 1.807) is 17.7 Å². The number of piperidine rings is 1. The van der Waals surface area contributed by atoms with Crippen LogP contribution in [0, 0.1) is 0 Å². The third-order valence-electron chi connectivity index (χ3n) is 5.25. The lowest BCUT2D eigenvalue weighted by Crippen LogP contribution is -2.40. The van der Waals surface area contributed by atoms with Crippen LogP contribution in [0.3, 0.4) is 0 Å². The number of carbonyl (C=O) groups is 1. The third-order valence-corrected chi connectivity index (χ3v) is 7.12. The fraction of sp³-hybridized carbons (Fsp3) is 0.429. The van der Waals surface area contributed by atoms with Crippen LogP contribution in [0.5, 0.6) is 0 Å². The number of hydrogen-bond donors (Lipinski definition) is 0. The first-order chi connectivity index (χ1) is 14.1. The van der Waals surface area contributed by atoms with Crippen LogP contribution in [0.15, 0.2) is 47.3 Å². The quantitative estimate of drug-likeness (QED) is 0.548. The van der Waals surface area contributed by atoms with E-state index in [4.69, 9.17) is 0 Å². The van der Waals surface area contributed by atoms with Crippen molar-refractivity contribution in [2.45, 2.75) is 43.7 Å². The van der Waals surface area contributed by atoms with E-state index in [1.165, 1.54) is 17.3 Å². The zero-order valence-electron chi connectivity index (χ0n) is 16.7. The molecule has 0 spiro atoms. The van der Waals surface area contributed by atoms with Crippen LogP contribution in [0.4, 0.5) is 0 Å². The van der Waals surface area contributed by atoms with E-state index in [2.05, 4.69) is 53.3 Å². The Morgan fingerprint density at radius 2 is 2.14 bits per heavy atom. The van der Waals surface area contributed by atoms with Crippen molar-refractivity contribution in [3.63, 3.8) is 0 Å². The fourth-order valence-corrected chi connectivity index (χ4v) is 5.18. The Labute approximate surface area is 179 Å². The summed E-state index contributed by atoms with van der Waals surface area (Å²) in [5.41, 5.74) is 2.31. The lowest BCUT2D eigenvalue weighted by Gasteiger charge is -2.31. The number of hydrogen-bond acceptors (Lipinski definition) is 6. The lowest BCUT2D eigenvalue weighted by atomic mass is 9.99. The molecule has 152 valence electrons. The molecule has 0 saturated carbocycles. The minimum Gasteiger partial charge on any atom is -0.341 e. The zero-order valence-corrected chi connectivity index (χ0v) is 18.3. The van der Waals surface area contributed by atoms with Gasteiger partial charge in [-0.2, -0.15) is 0 Å². The second kappa shape index (κ2) is 9.09. The normalized spacial score (nSPS) is 17.1. The minimum absolute atomic E-state index is 0.154. The molecule has 0 radical (unpaired) electrons. The summed E-state index contributed by atoms with van der Waals surface area (Å²) in [6, 6.07) is 8.42. The van der Waals surface area contributed by atoms with E-state index in [-0.39, 0.29) is 5.91 Å². The molecule has 1 fully saturated rings. The Hall–Kier alpha value is -2.19. The Balaban J connectivity index is 1.38. The Bertz CT molecular complexity index is 936. The number of nitrogens with zero attached hydrogens (tertiary/aromatic N) is 5. The zero-order chi connectivity index (χ0) is 20.2. The van der Waals surface area contributed by atoms with Crippen LogP contribution >= 0.6 is 23.1 Å². The summed E-state index contributed by atoms with van der Waals surface area (Å²) in [6.07, 6.45) is 5.68. The number of likely N-dealkylation sites (tertiary alicyclic amines) is 1. The summed E-state index contributed by atoms with van der Waals surface area (Å²) < 4.78 is 1.94. The molecule has 3 aromatic rings. The number of carbonyl (C=O) groups excluding carboxylic acids is 1. The summed E-state index contributed by atoms with van der Waals surface area (Å²) in [5.74, 6) is 1.38. The number of amides is 1. The van der Waals surface area contributed by atoms with Crippen LogP contribution in [-0.4, -0.2) is 49.4 Å². The predicted octanol–water partition coefficient (Wildman–Crippen LogP) is 4.35. The molecule has 1 amide bonds. The van der Waals surface area contributed by atoms with Crippen molar-refractivity contribution in [1.29, 1.82) is 0 Å². The van der Waals surface area contributed by atoms with Crippen molar-refractivity contribution in [1.82, 2.24) is 24.6 Å². The van der Waals surface area contributed by atoms with Gasteiger partial charge < -0.3 is 4.90 Å². The largest absolute Gasteiger partial charge is 0.341 e. The highest BCUT2D eigenvalue weighted by atomic mass is 32.2. The average molecular weight is 428 g/mol. The fourth-order valence-electron chi connectivity index (χ4n) is 3.58. The maximum atomic E-state index is 12.8. The third kappa shape index (κ3) is 4.70. The molecule has 3 heterocycles. The summed E-state index contributed by atoms with van der Waals surface area (Å²) in [7, 11) is 0. The standard InChI is InChI=1S/C21H25N5OS2/c1-15(2)16-5-7-18(8-6-16)26-14-23-24-21(26)29-13-19(27)25-10-3-4-17(12-25)20-22-9-11-28-20/h5-9,11,14-15,17H,3-4,10,12-13H2,1-2H3. The molecular formula is C21H25N5OS2. The minimum atomic E-state index is 0.154. The number of rotatable bonds is 6. The highest BCUT2D eigenvalue weighted by molar-refractivity contribution is 7.99. The number of aromatic nitrogens is 4. The Morgan fingerprint density at radius 3 is 2.86 bits per heavy atom. The van der Waals surface area contributed by atoms with E-state index in [0.29, 0.717) is 17.6 Å². The average Bonchev–Trinajstić information content (AvgIpc) is 3.44. The Morgan fingerprint density at radius 1 is 1.31 bits per heavy atom. The van der Waals surface area contributed by atoms with Gasteiger partial charge in [0.25, 0.3) is 0 Å². The molecule has 4 rings (SSSR count). The van der Waals surface area contributed by atoms with Crippen LogP contribution in [0.25, 0.3) is 5.69 Å². The molecule has 0 aliphatic carbocycles. The lowest BCUT2D eigenvalue weighted by molar-refractivity contribution is -0.129. The van der Waals surface area contributed by atoms with E-state index < -0.39 is 0 Å². The van der Waals surface area contributed by atoms with Gasteiger partial charge in [0.15, 0.2) is 5.16 Å². The molecule has 6 nitrogen and oxygen atoms in total. The van der Waals surface area contributed by atoms with Gasteiger partial charge in [0.1, 0.15) is 6.33 Å². The molecule has 29 heavy (non-hydrogen) atoms. The predicted molar refractivity (Wildman–Crippen MR) is 117 cm³/mol. The second-order valence-corrected chi connectivity index (χ2v) is 9.44. The van der Waals surface area contributed by atoms with E-state index in [0.717, 1.165) is 41.8 Å². The van der Waals surface area contributed by atoms with Crippen LogP contribution in [0.1, 0.15) is 49.1 Å². The molecule has 1 unspecified atom stereocenters. The molecule has 1 aromatic carbocycles. The van der Waals surface area contributed by atoms with Crippen molar-refractivity contribution in [3.8, 4) is 5.69 Å². The number of benzene rings is 1. The SMILES string of the molecule is CC(C)c1ccc(-n2cnnc2SCC(=O)N2CCCC(c3nccs3)C2)cc1. The van der Waals surface area contributed by atoms with Crippen molar-refractivity contribution >= 4 is 29.0 Å². The van der Waals surface area contributed by atoms with E-state index >= 15 is 0 Å². The van der Waals surface area contributed by atoms with Gasteiger partial charge in [0.2, 0.25) is 5.91 Å². The second-order valence-electron chi connectivity index (χ2n) is 7.57. The molecule has 0 N–H and O–H groups in total. The van der Waals surface area contributed by atoms with Gasteiger partial charge in [-0.05, 0) is 36.5 Å². The highest BCUT2D eigenvalue weighted by Gasteiger charge is 2.26.